The second kappa shape index (κ2) is 4.34. The van der Waals surface area contributed by atoms with Gasteiger partial charge in [0.2, 0.25) is 0 Å². The minimum Gasteiger partial charge on any atom is -0.352 e. The molecule has 1 aromatic heterocycles. The van der Waals surface area contributed by atoms with E-state index >= 15 is 0 Å². The van der Waals surface area contributed by atoms with Crippen LogP contribution in [-0.2, 0) is 0 Å². The molecule has 0 saturated carbocycles. The molecule has 0 atom stereocenters. The summed E-state index contributed by atoms with van der Waals surface area (Å²) in [7, 11) is 0. The van der Waals surface area contributed by atoms with Crippen molar-refractivity contribution >= 4 is 28.4 Å². The number of hydrogen-bond acceptors (Lipinski definition) is 2. The standard InChI is InChI=1S/C13H15NOS/c1-8(2)13(15)12-6-9-4-5-10(16-3)7-11(9)14-12/h4-8,14H,1-3H3. The van der Waals surface area contributed by atoms with Crippen molar-refractivity contribution in [2.45, 2.75) is 18.7 Å². The average Bonchev–Trinajstić information content (AvgIpc) is 2.69. The van der Waals surface area contributed by atoms with E-state index < -0.39 is 0 Å². The number of benzene rings is 1. The Morgan fingerprint density at radius 2 is 2.06 bits per heavy atom. The summed E-state index contributed by atoms with van der Waals surface area (Å²) in [6.07, 6.45) is 2.05. The minimum atomic E-state index is 0.0353. The van der Waals surface area contributed by atoms with E-state index in [1.54, 1.807) is 11.8 Å². The first-order chi connectivity index (χ1) is 7.61. The van der Waals surface area contributed by atoms with E-state index in [1.165, 1.54) is 4.90 Å². The number of ketones is 1. The van der Waals surface area contributed by atoms with Crippen LogP contribution in [0.1, 0.15) is 24.3 Å². The molecule has 0 aliphatic carbocycles. The molecule has 2 nitrogen and oxygen atoms in total. The lowest BCUT2D eigenvalue weighted by atomic mass is 10.1. The fourth-order valence-corrected chi connectivity index (χ4v) is 2.12. The Morgan fingerprint density at radius 1 is 1.31 bits per heavy atom. The number of H-pyrrole nitrogens is 1. The predicted octanol–water partition coefficient (Wildman–Crippen LogP) is 3.73. The van der Waals surface area contributed by atoms with Crippen molar-refractivity contribution in [3.8, 4) is 0 Å². The lowest BCUT2D eigenvalue weighted by Gasteiger charge is -1.99. The molecule has 0 bridgehead atoms. The molecule has 0 spiro atoms. The lowest BCUT2D eigenvalue weighted by Crippen LogP contribution is -2.07. The highest BCUT2D eigenvalue weighted by atomic mass is 32.2. The Hall–Kier alpha value is -1.22. The smallest absolute Gasteiger partial charge is 0.181 e. The van der Waals surface area contributed by atoms with Crippen molar-refractivity contribution in [1.29, 1.82) is 0 Å². The van der Waals surface area contributed by atoms with Gasteiger partial charge in [0.1, 0.15) is 0 Å². The van der Waals surface area contributed by atoms with E-state index in [1.807, 2.05) is 26.2 Å². The topological polar surface area (TPSA) is 32.9 Å². The van der Waals surface area contributed by atoms with Gasteiger partial charge in [0, 0.05) is 21.7 Å². The first kappa shape index (κ1) is 11.3. The number of hydrogen-bond donors (Lipinski definition) is 1. The van der Waals surface area contributed by atoms with E-state index in [-0.39, 0.29) is 11.7 Å². The van der Waals surface area contributed by atoms with Crippen molar-refractivity contribution in [2.24, 2.45) is 5.92 Å². The second-order valence-corrected chi connectivity index (χ2v) is 5.03. The maximum atomic E-state index is 11.8. The van der Waals surface area contributed by atoms with Crippen LogP contribution in [0.25, 0.3) is 10.9 Å². The molecule has 2 aromatic rings. The van der Waals surface area contributed by atoms with Gasteiger partial charge in [-0.3, -0.25) is 4.79 Å². The zero-order chi connectivity index (χ0) is 11.7. The Kier molecular flexibility index (Phi) is 3.06. The van der Waals surface area contributed by atoms with Crippen LogP contribution in [0.15, 0.2) is 29.2 Å². The first-order valence-corrected chi connectivity index (χ1v) is 6.55. The molecule has 0 aliphatic heterocycles. The molecule has 16 heavy (non-hydrogen) atoms. The average molecular weight is 233 g/mol. The fraction of sp³-hybridized carbons (Fsp3) is 0.308. The van der Waals surface area contributed by atoms with Crippen LogP contribution in [0.5, 0.6) is 0 Å². The molecule has 0 amide bonds. The van der Waals surface area contributed by atoms with Gasteiger partial charge in [0.25, 0.3) is 0 Å². The minimum absolute atomic E-state index is 0.0353. The zero-order valence-electron chi connectivity index (χ0n) is 9.70. The van der Waals surface area contributed by atoms with Gasteiger partial charge in [-0.15, -0.1) is 11.8 Å². The van der Waals surface area contributed by atoms with E-state index in [4.69, 9.17) is 0 Å². The number of fused-ring (bicyclic) bond motifs is 1. The third-order valence-corrected chi connectivity index (χ3v) is 3.34. The molecule has 0 unspecified atom stereocenters. The SMILES string of the molecule is CSc1ccc2cc(C(=O)C(C)C)[nH]c2c1. The van der Waals surface area contributed by atoms with Crippen LogP contribution >= 0.6 is 11.8 Å². The second-order valence-electron chi connectivity index (χ2n) is 4.16. The number of thioether (sulfide) groups is 1. The van der Waals surface area contributed by atoms with Crippen LogP contribution in [0.2, 0.25) is 0 Å². The third kappa shape index (κ3) is 2.00. The van der Waals surface area contributed by atoms with Crippen LogP contribution < -0.4 is 0 Å². The Morgan fingerprint density at radius 3 is 2.69 bits per heavy atom. The van der Waals surface area contributed by atoms with Crippen LogP contribution in [0, 0.1) is 5.92 Å². The molecule has 3 heteroatoms. The Balaban J connectivity index is 2.47. The van der Waals surface area contributed by atoms with Gasteiger partial charge in [-0.1, -0.05) is 19.9 Å². The van der Waals surface area contributed by atoms with Gasteiger partial charge in [0.05, 0.1) is 5.69 Å². The molecule has 2 rings (SSSR count). The van der Waals surface area contributed by atoms with Gasteiger partial charge in [-0.2, -0.15) is 0 Å². The fourth-order valence-electron chi connectivity index (χ4n) is 1.68. The summed E-state index contributed by atoms with van der Waals surface area (Å²) in [4.78, 5) is 16.2. The van der Waals surface area contributed by atoms with Crippen molar-refractivity contribution in [1.82, 2.24) is 4.98 Å². The number of Topliss-reactive ketones (excluding diaryl/α,β-unsaturated/α-hetero) is 1. The summed E-state index contributed by atoms with van der Waals surface area (Å²) < 4.78 is 0. The van der Waals surface area contributed by atoms with Crippen molar-refractivity contribution in [3.63, 3.8) is 0 Å². The summed E-state index contributed by atoms with van der Waals surface area (Å²) >= 11 is 1.70. The number of aromatic amines is 1. The van der Waals surface area contributed by atoms with Gasteiger partial charge < -0.3 is 4.98 Å². The summed E-state index contributed by atoms with van der Waals surface area (Å²) in [5.41, 5.74) is 1.75. The predicted molar refractivity (Wildman–Crippen MR) is 69.2 cm³/mol. The number of aromatic nitrogens is 1. The van der Waals surface area contributed by atoms with Crippen molar-refractivity contribution in [2.75, 3.05) is 6.26 Å². The van der Waals surface area contributed by atoms with E-state index in [2.05, 4.69) is 23.2 Å². The Bertz CT molecular complexity index is 528. The monoisotopic (exact) mass is 233 g/mol. The number of carbonyl (C=O) groups is 1. The Labute approximate surface area is 99.4 Å². The summed E-state index contributed by atoms with van der Waals surface area (Å²) in [5, 5.41) is 1.10. The number of nitrogens with one attached hydrogen (secondary N) is 1. The van der Waals surface area contributed by atoms with Crippen molar-refractivity contribution in [3.05, 3.63) is 30.0 Å². The van der Waals surface area contributed by atoms with E-state index in [9.17, 15) is 4.79 Å². The van der Waals surface area contributed by atoms with Crippen LogP contribution in [-0.4, -0.2) is 17.0 Å². The van der Waals surface area contributed by atoms with Gasteiger partial charge in [0.15, 0.2) is 5.78 Å². The van der Waals surface area contributed by atoms with Gasteiger partial charge in [-0.25, -0.2) is 0 Å². The number of rotatable bonds is 3. The van der Waals surface area contributed by atoms with Crippen molar-refractivity contribution < 1.29 is 4.79 Å². The summed E-state index contributed by atoms with van der Waals surface area (Å²) in [6, 6.07) is 8.14. The van der Waals surface area contributed by atoms with E-state index in [0.29, 0.717) is 5.69 Å². The number of carbonyl (C=O) groups excluding carboxylic acids is 1. The maximum absolute atomic E-state index is 11.8. The molecule has 1 N–H and O–H groups in total. The quantitative estimate of drug-likeness (QED) is 0.647. The molecule has 0 fully saturated rings. The van der Waals surface area contributed by atoms with Crippen LogP contribution in [0.3, 0.4) is 0 Å². The molecule has 1 aromatic carbocycles. The van der Waals surface area contributed by atoms with Gasteiger partial charge >= 0.3 is 0 Å². The highest BCUT2D eigenvalue weighted by molar-refractivity contribution is 7.98. The summed E-state index contributed by atoms with van der Waals surface area (Å²) in [6.45, 7) is 3.84. The molecular weight excluding hydrogens is 218 g/mol. The molecule has 0 aliphatic rings. The highest BCUT2D eigenvalue weighted by Gasteiger charge is 2.13. The molecule has 84 valence electrons. The normalized spacial score (nSPS) is 11.2. The third-order valence-electron chi connectivity index (χ3n) is 2.62. The molecule has 1 heterocycles. The molecule has 0 saturated heterocycles. The van der Waals surface area contributed by atoms with Crippen LogP contribution in [0.4, 0.5) is 0 Å². The van der Waals surface area contributed by atoms with E-state index in [0.717, 1.165) is 10.9 Å². The summed E-state index contributed by atoms with van der Waals surface area (Å²) in [5.74, 6) is 0.204. The van der Waals surface area contributed by atoms with Gasteiger partial charge in [-0.05, 0) is 24.5 Å². The zero-order valence-corrected chi connectivity index (χ0v) is 10.5. The molecule has 0 radical (unpaired) electrons. The molecular formula is C13H15NOS. The lowest BCUT2D eigenvalue weighted by molar-refractivity contribution is 0.0935. The largest absolute Gasteiger partial charge is 0.352 e. The maximum Gasteiger partial charge on any atom is 0.181 e. The highest BCUT2D eigenvalue weighted by Crippen LogP contribution is 2.23. The first-order valence-electron chi connectivity index (χ1n) is 5.33.